The number of piperazine rings is 1. The molecule has 0 spiro atoms. The topological polar surface area (TPSA) is 231 Å². The molecule has 0 radical (unpaired) electrons. The van der Waals surface area contributed by atoms with Crippen molar-refractivity contribution in [2.24, 2.45) is 0 Å². The van der Waals surface area contributed by atoms with Gasteiger partial charge < -0.3 is 30.6 Å². The highest BCUT2D eigenvalue weighted by molar-refractivity contribution is 8.03. The highest BCUT2D eigenvalue weighted by Gasteiger charge is 2.56. The minimum absolute atomic E-state index is 0.0841. The van der Waals surface area contributed by atoms with Crippen molar-refractivity contribution in [1.82, 2.24) is 46.0 Å². The van der Waals surface area contributed by atoms with Gasteiger partial charge in [-0.15, -0.1) is 22.0 Å². The van der Waals surface area contributed by atoms with Crippen LogP contribution in [-0.2, 0) is 24.0 Å². The van der Waals surface area contributed by atoms with Crippen LogP contribution in [0.5, 0.6) is 5.75 Å². The number of phenols is 1. The lowest BCUT2D eigenvalue weighted by molar-refractivity contribution is -0.160. The molecule has 4 heterocycles. The minimum Gasteiger partial charge on any atom is -0.508 e. The number of rotatable bonds is 9. The number of thioether (sulfide) groups is 2. The molecule has 1 unspecified atom stereocenters. The van der Waals surface area contributed by atoms with Crippen molar-refractivity contribution in [2.75, 3.05) is 25.4 Å². The number of hydrogen-bond acceptors (Lipinski definition) is 12. The molecule has 5 rings (SSSR count). The third kappa shape index (κ3) is 5.85. The fraction of sp³-hybridized carbons (Fsp3) is 0.375. The molecule has 3 aliphatic rings. The number of amides is 6. The molecule has 1 aromatic carbocycles. The number of fused-ring (bicyclic) bond motifs is 1. The van der Waals surface area contributed by atoms with E-state index in [1.165, 1.54) is 29.2 Å². The number of phenolic OH excluding ortho intramolecular Hbond substituents is 1. The van der Waals surface area contributed by atoms with Crippen LogP contribution >= 0.6 is 23.5 Å². The second-order valence-electron chi connectivity index (χ2n) is 9.49. The normalized spacial score (nSPS) is 22.3. The number of likely N-dealkylation sites (N-methyl/N-ethyl adjacent to an activating group) is 1. The van der Waals surface area contributed by atoms with E-state index in [0.717, 1.165) is 28.4 Å². The third-order valence-corrected chi connectivity index (χ3v) is 9.11. The number of carbonyl (C=O) groups is 6. The van der Waals surface area contributed by atoms with Crippen molar-refractivity contribution in [2.45, 2.75) is 35.6 Å². The van der Waals surface area contributed by atoms with Gasteiger partial charge in [0.05, 0.1) is 0 Å². The SMILES string of the molecule is CCN1CCN(C(=O)N[C@@H](C(=O)N[C@@H]2C(=O)N3C(C(=O)O)C(CSc4nn[nH]n4)=CS[C@H]23)c2ccc(O)cc2)C(=O)C1=O. The first-order chi connectivity index (χ1) is 20.6. The Morgan fingerprint density at radius 2 is 1.91 bits per heavy atom. The summed E-state index contributed by atoms with van der Waals surface area (Å²) in [5.41, 5.74) is 0.650. The van der Waals surface area contributed by atoms with Crippen molar-refractivity contribution in [3.63, 3.8) is 0 Å². The van der Waals surface area contributed by atoms with Gasteiger partial charge in [0.25, 0.3) is 0 Å². The van der Waals surface area contributed by atoms with Crippen molar-refractivity contribution in [3.8, 4) is 5.75 Å². The average molecular weight is 632 g/mol. The number of aromatic amines is 1. The molecule has 3 aliphatic heterocycles. The summed E-state index contributed by atoms with van der Waals surface area (Å²) >= 11 is 2.29. The number of hydrogen-bond donors (Lipinski definition) is 5. The molecule has 0 saturated carbocycles. The van der Waals surface area contributed by atoms with Crippen molar-refractivity contribution < 1.29 is 39.0 Å². The molecule has 0 aliphatic carbocycles. The molecule has 17 nitrogen and oxygen atoms in total. The number of aromatic hydroxyl groups is 1. The van der Waals surface area contributed by atoms with E-state index < -0.39 is 59.1 Å². The second kappa shape index (κ2) is 12.3. The number of nitrogens with one attached hydrogen (secondary N) is 3. The minimum atomic E-state index is -1.43. The second-order valence-corrected chi connectivity index (χ2v) is 11.4. The number of carboxylic acid groups (broad SMARTS) is 1. The van der Waals surface area contributed by atoms with Gasteiger partial charge in [-0.3, -0.25) is 24.1 Å². The molecule has 43 heavy (non-hydrogen) atoms. The summed E-state index contributed by atoms with van der Waals surface area (Å²) in [7, 11) is 0. The van der Waals surface area contributed by atoms with Gasteiger partial charge in [-0.25, -0.2) is 9.59 Å². The number of H-pyrrole nitrogens is 1. The van der Waals surface area contributed by atoms with Crippen molar-refractivity contribution in [3.05, 3.63) is 40.8 Å². The van der Waals surface area contributed by atoms with Crippen LogP contribution in [0.1, 0.15) is 18.5 Å². The average Bonchev–Trinajstić information content (AvgIpc) is 3.52. The standard InChI is InChI=1S/C24H25N9O8S2/c1-2-31-7-8-32(20(38)19(31)37)24(41)26-14(11-3-5-13(34)6-4-11)17(35)25-15-18(36)33-16(22(39)40)12(9-42-21(15)33)10-43-23-27-29-30-28-23/h3-6,9,14-16,21,34H,2,7-8,10H2,1H3,(H,25,35)(H,26,41)(H,39,40)(H,27,28,29,30)/t14-,15-,16?,21-/m1/s1. The number of β-lactam (4-membered cyclic amide) rings is 1. The van der Waals surface area contributed by atoms with Crippen LogP contribution in [0.4, 0.5) is 4.79 Å². The van der Waals surface area contributed by atoms with Gasteiger partial charge in [-0.1, -0.05) is 23.9 Å². The lowest BCUT2D eigenvalue weighted by Gasteiger charge is -2.51. The van der Waals surface area contributed by atoms with E-state index in [9.17, 15) is 39.0 Å². The Labute approximate surface area is 251 Å². The number of nitrogens with zero attached hydrogens (tertiary/aromatic N) is 6. The summed E-state index contributed by atoms with van der Waals surface area (Å²) < 4.78 is 0. The molecule has 2 aromatic rings. The quantitative estimate of drug-likeness (QED) is 0.126. The van der Waals surface area contributed by atoms with Crippen LogP contribution < -0.4 is 10.6 Å². The molecule has 1 aromatic heterocycles. The zero-order valence-electron chi connectivity index (χ0n) is 22.4. The molecule has 0 bridgehead atoms. The third-order valence-electron chi connectivity index (χ3n) is 6.99. The highest BCUT2D eigenvalue weighted by Crippen LogP contribution is 2.41. The maximum Gasteiger partial charge on any atom is 0.330 e. The fourth-order valence-electron chi connectivity index (χ4n) is 4.77. The first kappa shape index (κ1) is 29.8. The first-order valence-electron chi connectivity index (χ1n) is 12.9. The Morgan fingerprint density at radius 1 is 1.16 bits per heavy atom. The molecule has 4 atom stereocenters. The highest BCUT2D eigenvalue weighted by atomic mass is 32.2. The smallest absolute Gasteiger partial charge is 0.330 e. The van der Waals surface area contributed by atoms with Gasteiger partial charge in [-0.2, -0.15) is 5.21 Å². The van der Waals surface area contributed by atoms with Gasteiger partial charge in [0.15, 0.2) is 6.04 Å². The van der Waals surface area contributed by atoms with E-state index >= 15 is 0 Å². The van der Waals surface area contributed by atoms with Crippen LogP contribution in [0.25, 0.3) is 0 Å². The number of carbonyl (C=O) groups excluding carboxylic acids is 5. The number of benzene rings is 1. The van der Waals surface area contributed by atoms with Gasteiger partial charge in [0.1, 0.15) is 23.2 Å². The molecule has 6 amide bonds. The van der Waals surface area contributed by atoms with Crippen LogP contribution in [0, 0.1) is 0 Å². The zero-order chi connectivity index (χ0) is 30.8. The fourth-order valence-corrected chi connectivity index (χ4v) is 6.84. The predicted molar refractivity (Wildman–Crippen MR) is 148 cm³/mol. The van der Waals surface area contributed by atoms with Gasteiger partial charge >= 0.3 is 23.8 Å². The van der Waals surface area contributed by atoms with Gasteiger partial charge in [0.2, 0.25) is 17.0 Å². The molecular weight excluding hydrogens is 606 g/mol. The monoisotopic (exact) mass is 631 g/mol. The number of aliphatic carboxylic acids is 1. The lowest BCUT2D eigenvalue weighted by Crippen LogP contribution is -2.74. The maximum atomic E-state index is 13.5. The molecule has 19 heteroatoms. The number of imide groups is 1. The Bertz CT molecular complexity index is 1490. The first-order valence-corrected chi connectivity index (χ1v) is 14.8. The van der Waals surface area contributed by atoms with Crippen LogP contribution in [0.15, 0.2) is 40.4 Å². The molecule has 226 valence electrons. The van der Waals surface area contributed by atoms with Crippen molar-refractivity contribution in [1.29, 1.82) is 0 Å². The van der Waals surface area contributed by atoms with Crippen LogP contribution in [0.3, 0.4) is 0 Å². The zero-order valence-corrected chi connectivity index (χ0v) is 24.0. The maximum absolute atomic E-state index is 13.5. The summed E-state index contributed by atoms with van der Waals surface area (Å²) in [5, 5.41) is 39.2. The molecule has 2 fully saturated rings. The van der Waals surface area contributed by atoms with Gasteiger partial charge in [-0.05, 0) is 40.8 Å². The number of urea groups is 1. The van der Waals surface area contributed by atoms with Crippen LogP contribution in [-0.4, -0.2) is 124 Å². The Kier molecular flexibility index (Phi) is 8.53. The number of tetrazole rings is 1. The van der Waals surface area contributed by atoms with E-state index in [-0.39, 0.29) is 30.2 Å². The summed E-state index contributed by atoms with van der Waals surface area (Å²) in [6.45, 7) is 2.04. The predicted octanol–water partition coefficient (Wildman–Crippen LogP) is -1.12. The molecule has 2 saturated heterocycles. The summed E-state index contributed by atoms with van der Waals surface area (Å²) in [5.74, 6) is -4.52. The Morgan fingerprint density at radius 3 is 2.56 bits per heavy atom. The number of aromatic nitrogens is 4. The van der Waals surface area contributed by atoms with E-state index in [1.54, 1.807) is 12.3 Å². The summed E-state index contributed by atoms with van der Waals surface area (Å²) in [6.07, 6.45) is 0. The Hall–Kier alpha value is -4.65. The molecule has 5 N–H and O–H groups in total. The van der Waals surface area contributed by atoms with E-state index in [0.29, 0.717) is 22.2 Å². The van der Waals surface area contributed by atoms with E-state index in [4.69, 9.17) is 0 Å². The van der Waals surface area contributed by atoms with Crippen molar-refractivity contribution >= 4 is 59.2 Å². The van der Waals surface area contributed by atoms with E-state index in [1.807, 2.05) is 0 Å². The molecular formula is C24H25N9O8S2. The number of carboxylic acids is 1. The summed E-state index contributed by atoms with van der Waals surface area (Å²) in [6, 6.07) is 0.530. The summed E-state index contributed by atoms with van der Waals surface area (Å²) in [4.78, 5) is 80.0. The van der Waals surface area contributed by atoms with Crippen LogP contribution in [0.2, 0.25) is 0 Å². The van der Waals surface area contributed by atoms with Gasteiger partial charge in [0, 0.05) is 25.4 Å². The Balaban J connectivity index is 1.31. The largest absolute Gasteiger partial charge is 0.508 e. The van der Waals surface area contributed by atoms with E-state index in [2.05, 4.69) is 31.3 Å². The lowest BCUT2D eigenvalue weighted by atomic mass is 9.98.